The Morgan fingerprint density at radius 1 is 1.59 bits per heavy atom. The molecule has 1 saturated heterocycles. The molecule has 92 valence electrons. The molecule has 1 aliphatic rings. The van der Waals surface area contributed by atoms with Gasteiger partial charge in [0.15, 0.2) is 0 Å². The number of phenols is 1. The van der Waals surface area contributed by atoms with Gasteiger partial charge in [0.05, 0.1) is 5.56 Å². The summed E-state index contributed by atoms with van der Waals surface area (Å²) in [5.41, 5.74) is 1.40. The highest BCUT2D eigenvalue weighted by atomic mass is 79.9. The van der Waals surface area contributed by atoms with Gasteiger partial charge in [-0.1, -0.05) is 27.6 Å². The molecule has 1 atom stereocenters. The summed E-state index contributed by atoms with van der Waals surface area (Å²) in [6.45, 7) is 2.70. The molecule has 3 nitrogen and oxygen atoms in total. The molecule has 2 rings (SSSR count). The number of benzene rings is 1. The molecule has 1 fully saturated rings. The van der Waals surface area contributed by atoms with Crippen molar-refractivity contribution in [3.05, 3.63) is 29.3 Å². The normalized spacial score (nSPS) is 19.6. The SMILES string of the molecule is Cc1ccc(O)c(C(=O)N2CCCC2CBr)c1. The lowest BCUT2D eigenvalue weighted by atomic mass is 10.1. The second kappa shape index (κ2) is 5.08. The van der Waals surface area contributed by atoms with Crippen LogP contribution in [0, 0.1) is 6.92 Å². The third-order valence-corrected chi connectivity index (χ3v) is 3.95. The standard InChI is InChI=1S/C13H16BrNO2/c1-9-4-5-12(16)11(7-9)13(17)15-6-2-3-10(15)8-14/h4-5,7,10,16H,2-3,6,8H2,1H3. The van der Waals surface area contributed by atoms with Gasteiger partial charge >= 0.3 is 0 Å². The molecule has 1 aromatic carbocycles. The Labute approximate surface area is 110 Å². The van der Waals surface area contributed by atoms with Crippen molar-refractivity contribution < 1.29 is 9.90 Å². The molecule has 0 saturated carbocycles. The van der Waals surface area contributed by atoms with Crippen LogP contribution in [0.2, 0.25) is 0 Å². The molecule has 4 heteroatoms. The van der Waals surface area contributed by atoms with Gasteiger partial charge in [-0.15, -0.1) is 0 Å². The van der Waals surface area contributed by atoms with E-state index in [1.807, 2.05) is 11.8 Å². The average Bonchev–Trinajstić information content (AvgIpc) is 2.79. The van der Waals surface area contributed by atoms with E-state index in [0.717, 1.165) is 30.3 Å². The molecule has 1 N–H and O–H groups in total. The lowest BCUT2D eigenvalue weighted by molar-refractivity contribution is 0.0747. The number of amides is 1. The molecule has 17 heavy (non-hydrogen) atoms. The Balaban J connectivity index is 2.27. The molecule has 0 spiro atoms. The minimum absolute atomic E-state index is 0.0619. The zero-order valence-corrected chi connectivity index (χ0v) is 11.4. The van der Waals surface area contributed by atoms with Crippen LogP contribution in [0.3, 0.4) is 0 Å². The smallest absolute Gasteiger partial charge is 0.257 e. The van der Waals surface area contributed by atoms with Crippen LogP contribution in [-0.2, 0) is 0 Å². The van der Waals surface area contributed by atoms with E-state index < -0.39 is 0 Å². The molecule has 0 aromatic heterocycles. The molecule has 0 bridgehead atoms. The van der Waals surface area contributed by atoms with E-state index in [1.165, 1.54) is 0 Å². The minimum Gasteiger partial charge on any atom is -0.507 e. The molecule has 0 aliphatic carbocycles. The molecule has 1 heterocycles. The number of carbonyl (C=O) groups excluding carboxylic acids is 1. The van der Waals surface area contributed by atoms with Crippen molar-refractivity contribution in [3.63, 3.8) is 0 Å². The van der Waals surface area contributed by atoms with Crippen LogP contribution in [0.15, 0.2) is 18.2 Å². The number of hydrogen-bond acceptors (Lipinski definition) is 2. The number of halogens is 1. The summed E-state index contributed by atoms with van der Waals surface area (Å²) in [4.78, 5) is 14.2. The van der Waals surface area contributed by atoms with Crippen molar-refractivity contribution in [3.8, 4) is 5.75 Å². The van der Waals surface area contributed by atoms with Crippen molar-refractivity contribution in [2.75, 3.05) is 11.9 Å². The van der Waals surface area contributed by atoms with Gasteiger partial charge in [0.25, 0.3) is 5.91 Å². The maximum Gasteiger partial charge on any atom is 0.257 e. The molecular weight excluding hydrogens is 282 g/mol. The van der Waals surface area contributed by atoms with Crippen LogP contribution >= 0.6 is 15.9 Å². The number of carbonyl (C=O) groups is 1. The van der Waals surface area contributed by atoms with E-state index in [2.05, 4.69) is 15.9 Å². The second-order valence-corrected chi connectivity index (χ2v) is 5.12. The topological polar surface area (TPSA) is 40.5 Å². The zero-order valence-electron chi connectivity index (χ0n) is 9.82. The van der Waals surface area contributed by atoms with Gasteiger partial charge in [-0.3, -0.25) is 4.79 Å². The first-order chi connectivity index (χ1) is 8.13. The molecular formula is C13H16BrNO2. The summed E-state index contributed by atoms with van der Waals surface area (Å²) in [5, 5.41) is 10.6. The largest absolute Gasteiger partial charge is 0.507 e. The van der Waals surface area contributed by atoms with Gasteiger partial charge in [0.1, 0.15) is 5.75 Å². The van der Waals surface area contributed by atoms with E-state index in [9.17, 15) is 9.90 Å². The number of alkyl halides is 1. The molecule has 1 aliphatic heterocycles. The second-order valence-electron chi connectivity index (χ2n) is 4.47. The van der Waals surface area contributed by atoms with Gasteiger partial charge < -0.3 is 10.0 Å². The van der Waals surface area contributed by atoms with Crippen LogP contribution in [0.25, 0.3) is 0 Å². The number of rotatable bonds is 2. The Hall–Kier alpha value is -1.03. The molecule has 1 amide bonds. The summed E-state index contributed by atoms with van der Waals surface area (Å²) in [5.74, 6) is 0.00831. The summed E-state index contributed by atoms with van der Waals surface area (Å²) >= 11 is 3.43. The molecule has 1 aromatic rings. The van der Waals surface area contributed by atoms with Gasteiger partial charge in [-0.05, 0) is 31.9 Å². The van der Waals surface area contributed by atoms with Gasteiger partial charge in [-0.25, -0.2) is 0 Å². The maximum absolute atomic E-state index is 12.3. The number of aromatic hydroxyl groups is 1. The number of phenolic OH excluding ortho intramolecular Hbond substituents is 1. The van der Waals surface area contributed by atoms with Crippen molar-refractivity contribution in [1.29, 1.82) is 0 Å². The summed E-state index contributed by atoms with van der Waals surface area (Å²) in [6.07, 6.45) is 2.07. The Kier molecular flexibility index (Phi) is 3.72. The quantitative estimate of drug-likeness (QED) is 0.853. The lowest BCUT2D eigenvalue weighted by Crippen LogP contribution is -2.36. The zero-order chi connectivity index (χ0) is 12.4. The maximum atomic E-state index is 12.3. The van der Waals surface area contributed by atoms with E-state index in [1.54, 1.807) is 18.2 Å². The van der Waals surface area contributed by atoms with Crippen LogP contribution in [0.4, 0.5) is 0 Å². The van der Waals surface area contributed by atoms with Crippen LogP contribution in [-0.4, -0.2) is 33.8 Å². The fraction of sp³-hybridized carbons (Fsp3) is 0.462. The van der Waals surface area contributed by atoms with E-state index in [0.29, 0.717) is 5.56 Å². The highest BCUT2D eigenvalue weighted by molar-refractivity contribution is 9.09. The highest BCUT2D eigenvalue weighted by Gasteiger charge is 2.29. The summed E-state index contributed by atoms with van der Waals surface area (Å²) in [7, 11) is 0. The third-order valence-electron chi connectivity index (χ3n) is 3.20. The number of likely N-dealkylation sites (tertiary alicyclic amines) is 1. The first-order valence-corrected chi connectivity index (χ1v) is 6.92. The predicted octanol–water partition coefficient (Wildman–Crippen LogP) is 2.70. The summed E-state index contributed by atoms with van der Waals surface area (Å²) < 4.78 is 0. The Morgan fingerprint density at radius 2 is 2.35 bits per heavy atom. The molecule has 0 radical (unpaired) electrons. The van der Waals surface area contributed by atoms with Gasteiger partial charge in [0.2, 0.25) is 0 Å². The van der Waals surface area contributed by atoms with Gasteiger partial charge in [-0.2, -0.15) is 0 Å². The Bertz CT molecular complexity index is 433. The fourth-order valence-corrected chi connectivity index (χ4v) is 2.91. The van der Waals surface area contributed by atoms with Gasteiger partial charge in [0, 0.05) is 17.9 Å². The van der Waals surface area contributed by atoms with Crippen molar-refractivity contribution in [2.24, 2.45) is 0 Å². The van der Waals surface area contributed by atoms with E-state index in [-0.39, 0.29) is 17.7 Å². The average molecular weight is 298 g/mol. The lowest BCUT2D eigenvalue weighted by Gasteiger charge is -2.23. The summed E-state index contributed by atoms with van der Waals surface area (Å²) in [6, 6.07) is 5.39. The number of hydrogen-bond donors (Lipinski definition) is 1. The predicted molar refractivity (Wildman–Crippen MR) is 70.7 cm³/mol. The highest BCUT2D eigenvalue weighted by Crippen LogP contribution is 2.25. The van der Waals surface area contributed by atoms with E-state index >= 15 is 0 Å². The van der Waals surface area contributed by atoms with Crippen molar-refractivity contribution in [2.45, 2.75) is 25.8 Å². The number of aryl methyl sites for hydroxylation is 1. The van der Waals surface area contributed by atoms with Crippen LogP contribution in [0.1, 0.15) is 28.8 Å². The van der Waals surface area contributed by atoms with Crippen molar-refractivity contribution >= 4 is 21.8 Å². The van der Waals surface area contributed by atoms with E-state index in [4.69, 9.17) is 0 Å². The Morgan fingerprint density at radius 3 is 3.06 bits per heavy atom. The molecule has 1 unspecified atom stereocenters. The fourth-order valence-electron chi connectivity index (χ4n) is 2.24. The van der Waals surface area contributed by atoms with Crippen LogP contribution < -0.4 is 0 Å². The first kappa shape index (κ1) is 12.4. The van der Waals surface area contributed by atoms with Crippen LogP contribution in [0.5, 0.6) is 5.75 Å². The first-order valence-electron chi connectivity index (χ1n) is 5.80. The number of nitrogens with zero attached hydrogens (tertiary/aromatic N) is 1. The third kappa shape index (κ3) is 2.46. The minimum atomic E-state index is -0.0619. The van der Waals surface area contributed by atoms with Crippen molar-refractivity contribution in [1.82, 2.24) is 4.90 Å². The monoisotopic (exact) mass is 297 g/mol.